The molecule has 12 heavy (non-hydrogen) atoms. The Labute approximate surface area is 80.3 Å². The molecule has 0 saturated carbocycles. The summed E-state index contributed by atoms with van der Waals surface area (Å²) in [5.74, 6) is 0. The van der Waals surface area contributed by atoms with Crippen molar-refractivity contribution in [1.82, 2.24) is 0 Å². The minimum absolute atomic E-state index is 0.0656. The van der Waals surface area contributed by atoms with Crippen LogP contribution in [0.25, 0.3) is 0 Å². The van der Waals surface area contributed by atoms with E-state index in [2.05, 4.69) is 15.9 Å². The summed E-state index contributed by atoms with van der Waals surface area (Å²) in [6.07, 6.45) is 0. The molecule has 1 aromatic rings. The van der Waals surface area contributed by atoms with Crippen LogP contribution in [0, 0.1) is 0 Å². The molecule has 1 aromatic carbocycles. The first-order valence-corrected chi connectivity index (χ1v) is 4.43. The van der Waals surface area contributed by atoms with Gasteiger partial charge in [-0.05, 0) is 23.3 Å². The molecule has 0 unspecified atom stereocenters. The number of hydrogen-bond donors (Lipinski definition) is 1. The third-order valence-corrected chi connectivity index (χ3v) is 1.97. The van der Waals surface area contributed by atoms with Crippen LogP contribution in [-0.4, -0.2) is 12.2 Å². The van der Waals surface area contributed by atoms with Crippen LogP contribution in [0.15, 0.2) is 22.7 Å². The molecule has 0 saturated heterocycles. The molecule has 0 aromatic heterocycles. The molecule has 0 atom stereocenters. The molecule has 0 fully saturated rings. The van der Waals surface area contributed by atoms with E-state index in [-0.39, 0.29) is 6.61 Å². The molecule has 0 aliphatic carbocycles. The fourth-order valence-corrected chi connectivity index (χ4v) is 1.65. The number of benzene rings is 1. The lowest BCUT2D eigenvalue weighted by Crippen LogP contribution is -1.91. The van der Waals surface area contributed by atoms with E-state index >= 15 is 0 Å². The largest absolute Gasteiger partial charge is 0.392 e. The van der Waals surface area contributed by atoms with Gasteiger partial charge >= 0.3 is 0 Å². The predicted octanol–water partition coefficient (Wildman–Crippen LogP) is 2.09. The summed E-state index contributed by atoms with van der Waals surface area (Å²) in [6, 6.07) is 5.79. The van der Waals surface area contributed by atoms with Crippen molar-refractivity contribution in [2.45, 2.75) is 13.2 Å². The molecule has 0 radical (unpaired) electrons. The van der Waals surface area contributed by atoms with Crippen LogP contribution in [0.4, 0.5) is 0 Å². The summed E-state index contributed by atoms with van der Waals surface area (Å²) >= 11 is 3.36. The van der Waals surface area contributed by atoms with Crippen LogP contribution >= 0.6 is 15.9 Å². The first kappa shape index (κ1) is 9.71. The number of aliphatic hydroxyl groups excluding tert-OH is 1. The third kappa shape index (κ3) is 2.59. The van der Waals surface area contributed by atoms with Gasteiger partial charge in [0.15, 0.2) is 0 Å². The second-order valence-electron chi connectivity index (χ2n) is 2.56. The fourth-order valence-electron chi connectivity index (χ4n) is 1.06. The Bertz CT molecular complexity index is 261. The number of aliphatic hydroxyl groups is 1. The predicted molar refractivity (Wildman–Crippen MR) is 50.8 cm³/mol. The lowest BCUT2D eigenvalue weighted by atomic mass is 10.1. The standard InChI is InChI=1S/C9H11BrO2/c1-12-6-8-2-7(5-11)3-9(10)4-8/h2-4,11H,5-6H2,1H3. The Hall–Kier alpha value is -0.380. The SMILES string of the molecule is COCc1cc(Br)cc(CO)c1. The van der Waals surface area contributed by atoms with Crippen molar-refractivity contribution in [3.8, 4) is 0 Å². The average molecular weight is 231 g/mol. The summed E-state index contributed by atoms with van der Waals surface area (Å²) in [6.45, 7) is 0.641. The van der Waals surface area contributed by atoms with Crippen molar-refractivity contribution >= 4 is 15.9 Å². The molecule has 0 spiro atoms. The lowest BCUT2D eigenvalue weighted by molar-refractivity contribution is 0.184. The highest BCUT2D eigenvalue weighted by Gasteiger charge is 1.97. The molecule has 66 valence electrons. The van der Waals surface area contributed by atoms with Crippen molar-refractivity contribution in [2.75, 3.05) is 7.11 Å². The smallest absolute Gasteiger partial charge is 0.0713 e. The normalized spacial score (nSPS) is 10.2. The van der Waals surface area contributed by atoms with E-state index in [1.807, 2.05) is 18.2 Å². The van der Waals surface area contributed by atoms with Crippen molar-refractivity contribution in [2.24, 2.45) is 0 Å². The molecule has 0 aliphatic heterocycles. The van der Waals surface area contributed by atoms with Crippen LogP contribution in [0.3, 0.4) is 0 Å². The van der Waals surface area contributed by atoms with Crippen LogP contribution in [0.1, 0.15) is 11.1 Å². The lowest BCUT2D eigenvalue weighted by Gasteiger charge is -2.03. The quantitative estimate of drug-likeness (QED) is 0.862. The number of hydrogen-bond acceptors (Lipinski definition) is 2. The summed E-state index contributed by atoms with van der Waals surface area (Å²) in [5, 5.41) is 8.89. The zero-order chi connectivity index (χ0) is 8.97. The topological polar surface area (TPSA) is 29.5 Å². The summed E-state index contributed by atoms with van der Waals surface area (Å²) in [4.78, 5) is 0. The van der Waals surface area contributed by atoms with Crippen LogP contribution in [0.2, 0.25) is 0 Å². The molecule has 0 amide bonds. The van der Waals surface area contributed by atoms with Crippen LogP contribution in [-0.2, 0) is 18.0 Å². The summed E-state index contributed by atoms with van der Waals surface area (Å²) in [7, 11) is 1.65. The Morgan fingerprint density at radius 2 is 2.00 bits per heavy atom. The summed E-state index contributed by atoms with van der Waals surface area (Å²) in [5.41, 5.74) is 1.97. The Morgan fingerprint density at radius 1 is 1.33 bits per heavy atom. The van der Waals surface area contributed by atoms with E-state index < -0.39 is 0 Å². The Morgan fingerprint density at radius 3 is 2.58 bits per heavy atom. The molecule has 1 rings (SSSR count). The van der Waals surface area contributed by atoms with Crippen molar-refractivity contribution < 1.29 is 9.84 Å². The van der Waals surface area contributed by atoms with Crippen molar-refractivity contribution in [3.63, 3.8) is 0 Å². The first-order chi connectivity index (χ1) is 5.76. The average Bonchev–Trinajstić information content (AvgIpc) is 2.04. The van der Waals surface area contributed by atoms with Gasteiger partial charge < -0.3 is 9.84 Å². The minimum Gasteiger partial charge on any atom is -0.392 e. The number of ether oxygens (including phenoxy) is 1. The van der Waals surface area contributed by atoms with Crippen LogP contribution < -0.4 is 0 Å². The van der Waals surface area contributed by atoms with E-state index in [1.165, 1.54) is 0 Å². The number of rotatable bonds is 3. The van der Waals surface area contributed by atoms with E-state index in [1.54, 1.807) is 7.11 Å². The fraction of sp³-hybridized carbons (Fsp3) is 0.333. The van der Waals surface area contributed by atoms with Gasteiger partial charge in [0.25, 0.3) is 0 Å². The highest BCUT2D eigenvalue weighted by Crippen LogP contribution is 2.16. The van der Waals surface area contributed by atoms with Crippen molar-refractivity contribution in [1.29, 1.82) is 0 Å². The number of halogens is 1. The zero-order valence-corrected chi connectivity index (χ0v) is 8.47. The summed E-state index contributed by atoms with van der Waals surface area (Å²) < 4.78 is 5.95. The molecule has 1 N–H and O–H groups in total. The maximum absolute atomic E-state index is 8.89. The van der Waals surface area contributed by atoms with E-state index in [4.69, 9.17) is 9.84 Å². The van der Waals surface area contributed by atoms with Crippen LogP contribution in [0.5, 0.6) is 0 Å². The highest BCUT2D eigenvalue weighted by molar-refractivity contribution is 9.10. The van der Waals surface area contributed by atoms with Gasteiger partial charge in [-0.3, -0.25) is 0 Å². The van der Waals surface area contributed by atoms with Gasteiger partial charge in [0.2, 0.25) is 0 Å². The molecular weight excluding hydrogens is 220 g/mol. The maximum Gasteiger partial charge on any atom is 0.0713 e. The Kier molecular flexibility index (Phi) is 3.72. The van der Waals surface area contributed by atoms with E-state index in [0.29, 0.717) is 6.61 Å². The molecule has 2 nitrogen and oxygen atoms in total. The highest BCUT2D eigenvalue weighted by atomic mass is 79.9. The second-order valence-corrected chi connectivity index (χ2v) is 3.47. The monoisotopic (exact) mass is 230 g/mol. The van der Waals surface area contributed by atoms with E-state index in [0.717, 1.165) is 15.6 Å². The third-order valence-electron chi connectivity index (χ3n) is 1.51. The van der Waals surface area contributed by atoms with Gasteiger partial charge in [-0.1, -0.05) is 22.0 Å². The van der Waals surface area contributed by atoms with Gasteiger partial charge in [-0.2, -0.15) is 0 Å². The van der Waals surface area contributed by atoms with Gasteiger partial charge in [-0.25, -0.2) is 0 Å². The maximum atomic E-state index is 8.89. The Balaban J connectivity index is 2.90. The zero-order valence-electron chi connectivity index (χ0n) is 6.88. The molecule has 3 heteroatoms. The molecular formula is C9H11BrO2. The first-order valence-electron chi connectivity index (χ1n) is 3.64. The van der Waals surface area contributed by atoms with Gasteiger partial charge in [0, 0.05) is 11.6 Å². The molecule has 0 bridgehead atoms. The molecule has 0 heterocycles. The molecule has 0 aliphatic rings. The number of methoxy groups -OCH3 is 1. The van der Waals surface area contributed by atoms with E-state index in [9.17, 15) is 0 Å². The van der Waals surface area contributed by atoms with Crippen molar-refractivity contribution in [3.05, 3.63) is 33.8 Å². The van der Waals surface area contributed by atoms with Gasteiger partial charge in [0.05, 0.1) is 13.2 Å². The van der Waals surface area contributed by atoms with Gasteiger partial charge in [-0.15, -0.1) is 0 Å². The second kappa shape index (κ2) is 4.60. The van der Waals surface area contributed by atoms with Gasteiger partial charge in [0.1, 0.15) is 0 Å². The minimum atomic E-state index is 0.0656.